The molecule has 0 unspecified atom stereocenters. The average molecular weight is 1590 g/mol. The maximum atomic E-state index is 9.73. The highest BCUT2D eigenvalue weighted by atomic mass is 15.1. The number of nitrogens with zero attached hydrogens (tertiary/aromatic N) is 17. The van der Waals surface area contributed by atoms with Crippen molar-refractivity contribution in [3.05, 3.63) is 406 Å². The van der Waals surface area contributed by atoms with E-state index in [0.717, 1.165) is 122 Å². The van der Waals surface area contributed by atoms with E-state index in [1.54, 1.807) is 0 Å². The molecule has 0 fully saturated rings. The van der Waals surface area contributed by atoms with Crippen molar-refractivity contribution in [1.29, 1.82) is 0 Å². The fourth-order valence-electron chi connectivity index (χ4n) is 16.2. The fourth-order valence-corrected chi connectivity index (χ4v) is 16.2. The number of fused-ring (bicyclic) bond motifs is 6. The lowest BCUT2D eigenvalue weighted by molar-refractivity contribution is 1.07. The van der Waals surface area contributed by atoms with Crippen molar-refractivity contribution in [3.63, 3.8) is 0 Å². The van der Waals surface area contributed by atoms with Crippen LogP contribution in [0.5, 0.6) is 0 Å². The molecule has 22 aromatic rings. The third-order valence-electron chi connectivity index (χ3n) is 22.2. The van der Waals surface area contributed by atoms with Crippen LogP contribution < -0.4 is 0 Å². The van der Waals surface area contributed by atoms with Gasteiger partial charge in [0.1, 0.15) is 0 Å². The molecule has 0 aliphatic carbocycles. The van der Waals surface area contributed by atoms with Crippen molar-refractivity contribution < 1.29 is 0 Å². The van der Waals surface area contributed by atoms with Crippen LogP contribution in [0.1, 0.15) is 0 Å². The summed E-state index contributed by atoms with van der Waals surface area (Å²) < 4.78 is 4.42. The minimum absolute atomic E-state index is 0.325. The normalized spacial score (nSPS) is 11.4. The molecule has 7 aromatic heterocycles. The smallest absolute Gasteiger partial charge is 0.212 e. The van der Waals surface area contributed by atoms with Crippen molar-refractivity contribution in [2.45, 2.75) is 0 Å². The molecule has 578 valence electrons. The summed E-state index contributed by atoms with van der Waals surface area (Å²) in [5.74, 6) is 6.47. The van der Waals surface area contributed by atoms with E-state index >= 15 is 0 Å². The quantitative estimate of drug-likeness (QED) is 0.0781. The lowest BCUT2D eigenvalue weighted by Crippen LogP contribution is -2.04. The molecule has 15 aromatic carbocycles. The van der Waals surface area contributed by atoms with Gasteiger partial charge in [0.2, 0.25) is 5.69 Å². The molecule has 17 heteroatoms. The Morgan fingerprint density at radius 3 is 0.589 bits per heavy atom. The van der Waals surface area contributed by atoms with Crippen LogP contribution >= 0.6 is 0 Å². The molecule has 17 nitrogen and oxygen atoms in total. The summed E-state index contributed by atoms with van der Waals surface area (Å²) in [6.45, 7) is 9.73. The Kier molecular flexibility index (Phi) is 18.5. The summed E-state index contributed by atoms with van der Waals surface area (Å²) in [6, 6.07) is 132. The van der Waals surface area contributed by atoms with Crippen LogP contribution in [0.15, 0.2) is 394 Å². The van der Waals surface area contributed by atoms with E-state index < -0.39 is 0 Å². The zero-order valence-electron chi connectivity index (χ0n) is 66.1. The second kappa shape index (κ2) is 31.4. The van der Waals surface area contributed by atoms with Crippen LogP contribution in [0.4, 0.5) is 5.69 Å². The molecule has 0 amide bonds. The molecular weight excluding hydrogens is 1520 g/mol. The van der Waals surface area contributed by atoms with E-state index in [2.05, 4.69) is 117 Å². The molecule has 0 atom stereocenters. The Hall–Kier alpha value is -17.5. The van der Waals surface area contributed by atoms with Crippen LogP contribution in [0.2, 0.25) is 0 Å². The average Bonchev–Trinajstić information content (AvgIpc) is 1.57. The van der Waals surface area contributed by atoms with Crippen molar-refractivity contribution in [3.8, 4) is 182 Å². The summed E-state index contributed by atoms with van der Waals surface area (Å²) in [5, 5.41) is 3.34. The van der Waals surface area contributed by atoms with E-state index in [0.29, 0.717) is 110 Å². The molecule has 7 heterocycles. The Bertz CT molecular complexity index is 7220. The molecule has 0 bridgehead atoms. The highest BCUT2D eigenvalue weighted by Gasteiger charge is 2.28. The van der Waals surface area contributed by atoms with E-state index in [9.17, 15) is 6.57 Å². The minimum Gasteiger partial charge on any atom is -0.319 e. The second-order valence-electron chi connectivity index (χ2n) is 29.9. The van der Waals surface area contributed by atoms with Gasteiger partial charge in [0, 0.05) is 111 Å². The molecule has 0 saturated carbocycles. The van der Waals surface area contributed by atoms with Crippen molar-refractivity contribution in [1.82, 2.24) is 78.9 Å². The lowest BCUT2D eigenvalue weighted by Gasteiger charge is -2.19. The predicted molar refractivity (Wildman–Crippen MR) is 492 cm³/mol. The molecule has 0 aliphatic heterocycles. The van der Waals surface area contributed by atoms with Gasteiger partial charge >= 0.3 is 0 Å². The van der Waals surface area contributed by atoms with E-state index in [4.69, 9.17) is 69.8 Å². The molecular formula is C107H65N17. The second-order valence-corrected chi connectivity index (χ2v) is 29.9. The molecule has 0 aliphatic rings. The Labute approximate surface area is 711 Å². The zero-order valence-corrected chi connectivity index (χ0v) is 66.1. The molecule has 22 rings (SSSR count). The van der Waals surface area contributed by atoms with Gasteiger partial charge in [0.05, 0.1) is 45.7 Å². The zero-order chi connectivity index (χ0) is 82.4. The van der Waals surface area contributed by atoms with Gasteiger partial charge in [-0.2, -0.15) is 0 Å². The van der Waals surface area contributed by atoms with E-state index in [-0.39, 0.29) is 0 Å². The number of rotatable bonds is 17. The first-order valence-electron chi connectivity index (χ1n) is 40.6. The van der Waals surface area contributed by atoms with Gasteiger partial charge in [-0.25, -0.2) is 74.6 Å². The number of benzene rings is 15. The maximum Gasteiger partial charge on any atom is 0.212 e. The van der Waals surface area contributed by atoms with Gasteiger partial charge in [0.25, 0.3) is 0 Å². The number of hydrogen-bond donors (Lipinski definition) is 0. The van der Waals surface area contributed by atoms with Crippen molar-refractivity contribution >= 4 is 49.3 Å². The summed E-state index contributed by atoms with van der Waals surface area (Å²) in [4.78, 5) is 78.7. The van der Waals surface area contributed by atoms with E-state index in [1.165, 1.54) is 0 Å². The summed E-state index contributed by atoms with van der Waals surface area (Å²) >= 11 is 0. The van der Waals surface area contributed by atoms with Gasteiger partial charge in [-0.3, -0.25) is 0 Å². The summed E-state index contributed by atoms with van der Waals surface area (Å²) in [7, 11) is 0. The highest BCUT2D eigenvalue weighted by Crippen LogP contribution is 2.47. The SMILES string of the molecule is [C-]#[N+]c1cc(-n2c3ccc(-c4nc(-c5ccccc5)nc(-c5ccccc5)n4)cc3c3cc(-c4nc(-c5ccccc5)nc(-c5ccccc5)n4)ccc32)c(-c2nc(-c3ccccc3)cc(-c3ccccc3)n2)cc1-n1c2ccc(-c3nc(-c4ccccc4)nc(-c4ccccc4)n3)cc2c2cc(-c3nc(-c4ccccc4)nc(-c4ccccc4)n3)ccc21. The van der Waals surface area contributed by atoms with Gasteiger partial charge < -0.3 is 9.13 Å². The van der Waals surface area contributed by atoms with E-state index in [1.807, 2.05) is 291 Å². The standard InChI is InChI=1S/C107H65N17/c1-108-88-66-93(123-89-56-52-77(103-115-95(69-36-16-4-17-37-69)111-96(116-103)70-38-18-5-19-39-70)60-81(89)82-61-78(53-57-90(82)123)104-117-97(71-40-20-6-21-41-71)112-98(118-104)72-42-22-7-23-43-72)85(107-109-86(67-32-12-2-13-33-67)65-87(110-107)68-34-14-3-15-35-68)64-94(88)124-91-58-54-79(105-119-99(73-44-24-8-25-45-73)113-100(120-105)74-46-26-9-27-47-74)62-83(91)84-63-80(55-59-92(84)124)106-121-101(75-48-28-10-29-49-75)114-102(122-106)76-50-30-11-31-51-76/h2-66H. The predicted octanol–water partition coefficient (Wildman–Crippen LogP) is 25.0. The molecule has 124 heavy (non-hydrogen) atoms. The van der Waals surface area contributed by atoms with Gasteiger partial charge in [0.15, 0.2) is 75.7 Å². The third kappa shape index (κ3) is 13.8. The maximum absolute atomic E-state index is 9.73. The summed E-state index contributed by atoms with van der Waals surface area (Å²) in [6.07, 6.45) is 0. The topological polar surface area (TPSA) is 195 Å². The number of hydrogen-bond acceptors (Lipinski definition) is 14. The molecule has 0 spiro atoms. The van der Waals surface area contributed by atoms with Crippen molar-refractivity contribution in [2.75, 3.05) is 0 Å². The third-order valence-corrected chi connectivity index (χ3v) is 22.2. The summed E-state index contributed by atoms with van der Waals surface area (Å²) in [5.41, 5.74) is 18.1. The van der Waals surface area contributed by atoms with Crippen LogP contribution in [-0.2, 0) is 0 Å². The first-order chi connectivity index (χ1) is 61.4. The van der Waals surface area contributed by atoms with Crippen LogP contribution in [0.3, 0.4) is 0 Å². The van der Waals surface area contributed by atoms with Gasteiger partial charge in [-0.05, 0) is 91.0 Å². The Morgan fingerprint density at radius 1 is 0.169 bits per heavy atom. The van der Waals surface area contributed by atoms with Crippen LogP contribution in [0, 0.1) is 6.57 Å². The molecule has 0 radical (unpaired) electrons. The van der Waals surface area contributed by atoms with Crippen LogP contribution in [-0.4, -0.2) is 78.9 Å². The first kappa shape index (κ1) is 72.9. The highest BCUT2D eigenvalue weighted by molar-refractivity contribution is 6.14. The fraction of sp³-hybridized carbons (Fsp3) is 0. The largest absolute Gasteiger partial charge is 0.319 e. The van der Waals surface area contributed by atoms with Gasteiger partial charge in [-0.1, -0.05) is 303 Å². The lowest BCUT2D eigenvalue weighted by atomic mass is 10.0. The Balaban J connectivity index is 0.823. The monoisotopic (exact) mass is 1590 g/mol. The number of aromatic nitrogens is 16. The minimum atomic E-state index is 0.325. The first-order valence-corrected chi connectivity index (χ1v) is 40.6. The van der Waals surface area contributed by atoms with Crippen LogP contribution in [0.25, 0.3) is 230 Å². The Morgan fingerprint density at radius 2 is 0.371 bits per heavy atom. The molecule has 0 saturated heterocycles. The van der Waals surface area contributed by atoms with Gasteiger partial charge in [-0.15, -0.1) is 0 Å². The van der Waals surface area contributed by atoms with Crippen molar-refractivity contribution in [2.24, 2.45) is 0 Å². The molecule has 0 N–H and O–H groups in total.